The number of rotatable bonds is 2. The van der Waals surface area contributed by atoms with E-state index in [9.17, 15) is 0 Å². The molecule has 6 nitrogen and oxygen atoms in total. The Morgan fingerprint density at radius 1 is 0.528 bits per heavy atom. The van der Waals surface area contributed by atoms with Crippen LogP contribution < -0.4 is 9.97 Å². The van der Waals surface area contributed by atoms with Gasteiger partial charge in [-0.2, -0.15) is 0 Å². The van der Waals surface area contributed by atoms with Crippen LogP contribution in [0.5, 0.6) is 0 Å². The summed E-state index contributed by atoms with van der Waals surface area (Å²) < 4.78 is 2.26. The monoisotopic (exact) mass is 875 g/mol. The van der Waals surface area contributed by atoms with E-state index in [1.807, 2.05) is 0 Å². The van der Waals surface area contributed by atoms with E-state index in [1.54, 1.807) is 0 Å². The first-order valence-electron chi connectivity index (χ1n) is 18.3. The van der Waals surface area contributed by atoms with Gasteiger partial charge in [-0.25, -0.2) is 9.98 Å². The number of hydrogen-bond acceptors (Lipinski definition) is 3. The first kappa shape index (κ1) is 35.2. The number of para-hydroxylation sites is 1. The number of benzene rings is 4. The molecular weight excluding hydrogens is 832 g/mol. The van der Waals surface area contributed by atoms with Crippen LogP contribution in [0.4, 0.5) is 0 Å². The number of hydrogen-bond donors (Lipinski definition) is 0. The van der Waals surface area contributed by atoms with E-state index in [4.69, 9.17) is 24.9 Å². The SMILES string of the molecule is CC1(C)C2=NC(=NC2c2ccccc2)C(C)(C)c2[n-]c(c3ccccc23)C(C)(C)c2nc(cn2-c2ccccc2)C(C)(C)c2[n-]c1c1ccccc21.[Pt+2]. The molecule has 268 valence electrons. The number of aromatic nitrogens is 4. The van der Waals surface area contributed by atoms with Crippen molar-refractivity contribution >= 4 is 33.1 Å². The second kappa shape index (κ2) is 12.1. The molecule has 7 heteroatoms. The van der Waals surface area contributed by atoms with Gasteiger partial charge in [-0.05, 0) is 39.2 Å². The van der Waals surface area contributed by atoms with E-state index in [2.05, 4.69) is 175 Å². The summed E-state index contributed by atoms with van der Waals surface area (Å²) in [4.78, 5) is 28.0. The number of nitrogens with zero attached hydrogens (tertiary/aromatic N) is 6. The minimum absolute atomic E-state index is 0. The zero-order valence-electron chi connectivity index (χ0n) is 31.5. The van der Waals surface area contributed by atoms with Gasteiger partial charge >= 0.3 is 21.1 Å². The maximum absolute atomic E-state index is 5.64. The second-order valence-corrected chi connectivity index (χ2v) is 16.6. The van der Waals surface area contributed by atoms with Crippen LogP contribution in [0.25, 0.3) is 27.2 Å². The van der Waals surface area contributed by atoms with Gasteiger partial charge in [-0.1, -0.05) is 152 Å². The van der Waals surface area contributed by atoms with Crippen molar-refractivity contribution in [2.75, 3.05) is 0 Å². The molecule has 5 heterocycles. The van der Waals surface area contributed by atoms with E-state index >= 15 is 0 Å². The zero-order chi connectivity index (χ0) is 36.2. The molecule has 2 aliphatic rings. The molecule has 3 aromatic heterocycles. The largest absolute Gasteiger partial charge is 2.00 e. The molecule has 9 rings (SSSR count). The molecule has 4 aromatic carbocycles. The molecule has 53 heavy (non-hydrogen) atoms. The standard InChI is InChI=1S/C46H44N6.Pt/c1-43(2)34-27-52(29-21-13-10-14-22-29)42(47-34)46(7,8)39-33-26-18-17-25-32(33)38(50-39)45(5,6)41-48-35(28-19-11-9-12-20-28)40(51-41)44(3,4)37-31-24-16-15-23-30(31)36(43)49-37;/h9-27,35H,1-8H3;/q-2;+2. The number of fused-ring (bicyclic) bond motifs is 13. The van der Waals surface area contributed by atoms with Crippen LogP contribution in [0.1, 0.15) is 101 Å². The second-order valence-electron chi connectivity index (χ2n) is 16.6. The predicted molar refractivity (Wildman–Crippen MR) is 212 cm³/mol. The summed E-state index contributed by atoms with van der Waals surface area (Å²) in [6, 6.07) is 38.1. The molecule has 7 aromatic rings. The van der Waals surface area contributed by atoms with Crippen LogP contribution in [-0.2, 0) is 42.7 Å². The van der Waals surface area contributed by atoms with Crippen molar-refractivity contribution in [1.29, 1.82) is 0 Å². The van der Waals surface area contributed by atoms with E-state index in [-0.39, 0.29) is 27.1 Å². The van der Waals surface area contributed by atoms with Crippen molar-refractivity contribution in [3.8, 4) is 5.69 Å². The Balaban J connectivity index is 0.00000400. The van der Waals surface area contributed by atoms with Crippen molar-refractivity contribution < 1.29 is 21.1 Å². The predicted octanol–water partition coefficient (Wildman–Crippen LogP) is 9.91. The third-order valence-electron chi connectivity index (χ3n) is 11.7. The Morgan fingerprint density at radius 3 is 1.53 bits per heavy atom. The van der Waals surface area contributed by atoms with Crippen molar-refractivity contribution in [2.24, 2.45) is 9.98 Å². The summed E-state index contributed by atoms with van der Waals surface area (Å²) in [5.41, 5.74) is 5.84. The van der Waals surface area contributed by atoms with Crippen LogP contribution in [0, 0.1) is 0 Å². The van der Waals surface area contributed by atoms with Gasteiger partial charge in [-0.3, -0.25) is 4.99 Å². The average molecular weight is 876 g/mol. The molecule has 0 saturated carbocycles. The van der Waals surface area contributed by atoms with Crippen LogP contribution in [0.3, 0.4) is 0 Å². The third-order valence-corrected chi connectivity index (χ3v) is 11.7. The van der Waals surface area contributed by atoms with Gasteiger partial charge in [0.1, 0.15) is 17.7 Å². The summed E-state index contributed by atoms with van der Waals surface area (Å²) in [7, 11) is 0. The summed E-state index contributed by atoms with van der Waals surface area (Å²) in [5, 5.41) is 4.52. The van der Waals surface area contributed by atoms with E-state index in [1.165, 1.54) is 0 Å². The minimum Gasteiger partial charge on any atom is -0.662 e. The van der Waals surface area contributed by atoms with Crippen LogP contribution in [-0.4, -0.2) is 21.1 Å². The molecule has 0 fully saturated rings. The Bertz CT molecular complexity index is 2580. The fraction of sp³-hybridized carbons (Fsp3) is 0.283. The van der Waals surface area contributed by atoms with Gasteiger partial charge in [0.05, 0.1) is 11.4 Å². The zero-order valence-corrected chi connectivity index (χ0v) is 33.8. The van der Waals surface area contributed by atoms with Gasteiger partial charge in [0.2, 0.25) is 0 Å². The average Bonchev–Trinajstić information content (AvgIpc) is 3.95. The summed E-state index contributed by atoms with van der Waals surface area (Å²) in [6.45, 7) is 18.0. The number of amidine groups is 1. The number of aliphatic imine (C=N–C) groups is 2. The topological polar surface area (TPSA) is 70.7 Å². The first-order valence-corrected chi connectivity index (χ1v) is 18.3. The smallest absolute Gasteiger partial charge is 0.662 e. The van der Waals surface area contributed by atoms with Gasteiger partial charge < -0.3 is 14.5 Å². The Morgan fingerprint density at radius 2 is 0.981 bits per heavy atom. The fourth-order valence-electron chi connectivity index (χ4n) is 8.56. The maximum Gasteiger partial charge on any atom is 2.00 e. The van der Waals surface area contributed by atoms with E-state index < -0.39 is 21.7 Å². The normalized spacial score (nSPS) is 19.4. The van der Waals surface area contributed by atoms with Crippen LogP contribution in [0.15, 0.2) is 125 Å². The van der Waals surface area contributed by atoms with E-state index in [0.717, 1.165) is 78.6 Å². The minimum atomic E-state index is -0.607. The molecule has 0 saturated heterocycles. The van der Waals surface area contributed by atoms with Gasteiger partial charge in [0.25, 0.3) is 0 Å². The molecule has 0 spiro atoms. The molecule has 0 amide bonds. The first-order chi connectivity index (χ1) is 24.8. The van der Waals surface area contributed by atoms with Crippen molar-refractivity contribution in [3.05, 3.63) is 155 Å². The molecular formula is C46H44N6Pt. The van der Waals surface area contributed by atoms with Gasteiger partial charge in [0.15, 0.2) is 0 Å². The summed E-state index contributed by atoms with van der Waals surface area (Å²) >= 11 is 0. The fourth-order valence-corrected chi connectivity index (χ4v) is 8.56. The number of imidazole rings is 1. The quantitative estimate of drug-likeness (QED) is 0.174. The molecule has 2 aliphatic heterocycles. The van der Waals surface area contributed by atoms with Crippen molar-refractivity contribution in [3.63, 3.8) is 0 Å². The third kappa shape index (κ3) is 5.12. The molecule has 8 bridgehead atoms. The van der Waals surface area contributed by atoms with Crippen molar-refractivity contribution in [2.45, 2.75) is 83.1 Å². The van der Waals surface area contributed by atoms with Crippen molar-refractivity contribution in [1.82, 2.24) is 19.5 Å². The summed E-state index contributed by atoms with van der Waals surface area (Å²) in [6.07, 6.45) is 2.22. The molecule has 1 atom stereocenters. The van der Waals surface area contributed by atoms with E-state index in [0.29, 0.717) is 0 Å². The van der Waals surface area contributed by atoms with Gasteiger partial charge in [0, 0.05) is 33.5 Å². The molecule has 0 aliphatic carbocycles. The molecule has 0 radical (unpaired) electrons. The maximum atomic E-state index is 5.64. The Kier molecular flexibility index (Phi) is 8.05. The molecule has 0 N–H and O–H groups in total. The van der Waals surface area contributed by atoms with Gasteiger partial charge in [-0.15, -0.1) is 22.8 Å². The Labute approximate surface area is 326 Å². The molecule has 1 unspecified atom stereocenters. The van der Waals surface area contributed by atoms with Crippen LogP contribution >= 0.6 is 0 Å². The summed E-state index contributed by atoms with van der Waals surface area (Å²) in [5.74, 6) is 1.72. The Hall–Kier alpha value is -4.80. The van der Waals surface area contributed by atoms with Crippen LogP contribution in [0.2, 0.25) is 0 Å².